The summed E-state index contributed by atoms with van der Waals surface area (Å²) >= 11 is 1.68. The third-order valence-electron chi connectivity index (χ3n) is 4.14. The molecular weight excluding hydrogens is 256 g/mol. The molecule has 3 rings (SSSR count). The van der Waals surface area contributed by atoms with Crippen LogP contribution in [0.25, 0.3) is 0 Å². The predicted octanol–water partition coefficient (Wildman–Crippen LogP) is 3.55. The quantitative estimate of drug-likeness (QED) is 0.774. The first-order valence-electron chi connectivity index (χ1n) is 7.21. The Morgan fingerprint density at radius 3 is 3.00 bits per heavy atom. The summed E-state index contributed by atoms with van der Waals surface area (Å²) in [5, 5.41) is 3.12. The normalized spacial score (nSPS) is 27.5. The van der Waals surface area contributed by atoms with Gasteiger partial charge < -0.3 is 4.90 Å². The van der Waals surface area contributed by atoms with Gasteiger partial charge in [-0.05, 0) is 38.5 Å². The van der Waals surface area contributed by atoms with Crippen molar-refractivity contribution in [3.8, 4) is 0 Å². The molecule has 4 heteroatoms. The van der Waals surface area contributed by atoms with Crippen LogP contribution in [0, 0.1) is 5.92 Å². The summed E-state index contributed by atoms with van der Waals surface area (Å²) < 4.78 is 0. The van der Waals surface area contributed by atoms with Crippen LogP contribution in [0.4, 0.5) is 0 Å². The van der Waals surface area contributed by atoms with E-state index in [4.69, 9.17) is 0 Å². The smallest absolute Gasteiger partial charge is 0.226 e. The molecule has 0 aromatic carbocycles. The maximum absolute atomic E-state index is 12.7. The van der Waals surface area contributed by atoms with Gasteiger partial charge in [0.05, 0.1) is 6.04 Å². The SMILES string of the molecule is O=C([C@@H]1CC=CCC1)N1CCCC[C@@H]1c1nccs1. The maximum atomic E-state index is 12.7. The third kappa shape index (κ3) is 2.73. The first-order valence-corrected chi connectivity index (χ1v) is 8.09. The van der Waals surface area contributed by atoms with E-state index in [0.717, 1.165) is 43.7 Å². The molecule has 1 aliphatic heterocycles. The molecule has 2 atom stereocenters. The summed E-state index contributed by atoms with van der Waals surface area (Å²) in [7, 11) is 0. The second-order valence-electron chi connectivity index (χ2n) is 5.39. The maximum Gasteiger partial charge on any atom is 0.226 e. The van der Waals surface area contributed by atoms with Gasteiger partial charge in [-0.3, -0.25) is 4.79 Å². The van der Waals surface area contributed by atoms with E-state index in [1.165, 1.54) is 6.42 Å². The molecule has 2 aliphatic rings. The van der Waals surface area contributed by atoms with Gasteiger partial charge in [0.15, 0.2) is 0 Å². The molecule has 0 radical (unpaired) electrons. The summed E-state index contributed by atoms with van der Waals surface area (Å²) in [4.78, 5) is 19.3. The monoisotopic (exact) mass is 276 g/mol. The first kappa shape index (κ1) is 12.9. The molecule has 2 heterocycles. The molecule has 102 valence electrons. The zero-order valence-electron chi connectivity index (χ0n) is 11.1. The molecule has 1 fully saturated rings. The van der Waals surface area contributed by atoms with Crippen LogP contribution < -0.4 is 0 Å². The Morgan fingerprint density at radius 2 is 2.26 bits per heavy atom. The van der Waals surface area contributed by atoms with Gasteiger partial charge in [-0.15, -0.1) is 11.3 Å². The number of piperidine rings is 1. The second kappa shape index (κ2) is 5.87. The van der Waals surface area contributed by atoms with Gasteiger partial charge in [0.2, 0.25) is 5.91 Å². The van der Waals surface area contributed by atoms with E-state index in [1.807, 2.05) is 11.6 Å². The number of rotatable bonds is 2. The van der Waals surface area contributed by atoms with Gasteiger partial charge in [0.25, 0.3) is 0 Å². The number of carbonyl (C=O) groups is 1. The van der Waals surface area contributed by atoms with E-state index in [-0.39, 0.29) is 12.0 Å². The molecule has 1 aromatic rings. The molecule has 1 saturated heterocycles. The van der Waals surface area contributed by atoms with Crippen LogP contribution in [0.15, 0.2) is 23.7 Å². The average molecular weight is 276 g/mol. The van der Waals surface area contributed by atoms with Crippen molar-refractivity contribution >= 4 is 17.2 Å². The summed E-state index contributed by atoms with van der Waals surface area (Å²) in [6.45, 7) is 0.906. The van der Waals surface area contributed by atoms with Crippen molar-refractivity contribution in [2.24, 2.45) is 5.92 Å². The lowest BCUT2D eigenvalue weighted by atomic mass is 9.91. The molecule has 0 N–H and O–H groups in total. The van der Waals surface area contributed by atoms with Gasteiger partial charge in [-0.1, -0.05) is 12.2 Å². The minimum atomic E-state index is 0.200. The minimum Gasteiger partial charge on any atom is -0.333 e. The van der Waals surface area contributed by atoms with Gasteiger partial charge in [-0.2, -0.15) is 0 Å². The van der Waals surface area contributed by atoms with Crippen molar-refractivity contribution < 1.29 is 4.79 Å². The average Bonchev–Trinajstić information content (AvgIpc) is 3.01. The van der Waals surface area contributed by atoms with Gasteiger partial charge in [0, 0.05) is 24.0 Å². The fourth-order valence-electron chi connectivity index (χ4n) is 3.10. The van der Waals surface area contributed by atoms with Crippen molar-refractivity contribution in [1.29, 1.82) is 0 Å². The highest BCUT2D eigenvalue weighted by molar-refractivity contribution is 7.09. The highest BCUT2D eigenvalue weighted by atomic mass is 32.1. The number of likely N-dealkylation sites (tertiary alicyclic amines) is 1. The molecule has 3 nitrogen and oxygen atoms in total. The van der Waals surface area contributed by atoms with Crippen molar-refractivity contribution in [2.75, 3.05) is 6.54 Å². The number of hydrogen-bond acceptors (Lipinski definition) is 3. The van der Waals surface area contributed by atoms with Crippen molar-refractivity contribution in [1.82, 2.24) is 9.88 Å². The van der Waals surface area contributed by atoms with Crippen LogP contribution in [-0.4, -0.2) is 22.3 Å². The lowest BCUT2D eigenvalue weighted by Gasteiger charge is -2.37. The number of nitrogens with zero attached hydrogens (tertiary/aromatic N) is 2. The highest BCUT2D eigenvalue weighted by Gasteiger charge is 2.33. The van der Waals surface area contributed by atoms with Crippen molar-refractivity contribution in [3.05, 3.63) is 28.7 Å². The van der Waals surface area contributed by atoms with Crippen molar-refractivity contribution in [3.63, 3.8) is 0 Å². The number of carbonyl (C=O) groups excluding carboxylic acids is 1. The topological polar surface area (TPSA) is 33.2 Å². The molecule has 0 spiro atoms. The van der Waals surface area contributed by atoms with Gasteiger partial charge in [-0.25, -0.2) is 4.98 Å². The van der Waals surface area contributed by atoms with E-state index in [1.54, 1.807) is 11.3 Å². The molecule has 0 bridgehead atoms. The Morgan fingerprint density at radius 1 is 1.32 bits per heavy atom. The Balaban J connectivity index is 1.76. The zero-order chi connectivity index (χ0) is 13.1. The highest BCUT2D eigenvalue weighted by Crippen LogP contribution is 2.34. The third-order valence-corrected chi connectivity index (χ3v) is 5.02. The van der Waals surface area contributed by atoms with Crippen LogP contribution in [0.5, 0.6) is 0 Å². The molecule has 19 heavy (non-hydrogen) atoms. The first-order chi connectivity index (χ1) is 9.36. The summed E-state index contributed by atoms with van der Waals surface area (Å²) in [5.41, 5.74) is 0. The number of hydrogen-bond donors (Lipinski definition) is 0. The van der Waals surface area contributed by atoms with Crippen LogP contribution in [0.1, 0.15) is 49.6 Å². The van der Waals surface area contributed by atoms with E-state index in [2.05, 4.69) is 22.0 Å². The minimum absolute atomic E-state index is 0.200. The largest absolute Gasteiger partial charge is 0.333 e. The number of allylic oxidation sites excluding steroid dienone is 2. The number of amides is 1. The molecule has 1 aromatic heterocycles. The lowest BCUT2D eigenvalue weighted by Crippen LogP contribution is -2.42. The Bertz CT molecular complexity index is 455. The Hall–Kier alpha value is -1.16. The predicted molar refractivity (Wildman–Crippen MR) is 76.9 cm³/mol. The molecule has 0 saturated carbocycles. The van der Waals surface area contributed by atoms with Gasteiger partial charge >= 0.3 is 0 Å². The Kier molecular flexibility index (Phi) is 3.97. The fourth-order valence-corrected chi connectivity index (χ4v) is 3.89. The van der Waals surface area contributed by atoms with E-state index in [0.29, 0.717) is 5.91 Å². The lowest BCUT2D eigenvalue weighted by molar-refractivity contribution is -0.139. The van der Waals surface area contributed by atoms with Gasteiger partial charge in [0.1, 0.15) is 5.01 Å². The summed E-state index contributed by atoms with van der Waals surface area (Å²) in [5.74, 6) is 0.551. The fraction of sp³-hybridized carbons (Fsp3) is 0.600. The molecular formula is C15H20N2OS. The van der Waals surface area contributed by atoms with E-state index >= 15 is 0 Å². The van der Waals surface area contributed by atoms with Crippen molar-refractivity contribution in [2.45, 2.75) is 44.6 Å². The van der Waals surface area contributed by atoms with E-state index in [9.17, 15) is 4.79 Å². The van der Waals surface area contributed by atoms with Crippen LogP contribution in [-0.2, 0) is 4.79 Å². The van der Waals surface area contributed by atoms with E-state index < -0.39 is 0 Å². The molecule has 1 aliphatic carbocycles. The summed E-state index contributed by atoms with van der Waals surface area (Å²) in [6, 6.07) is 0.229. The zero-order valence-corrected chi connectivity index (χ0v) is 11.9. The number of aromatic nitrogens is 1. The second-order valence-corrected chi connectivity index (χ2v) is 6.32. The molecule has 0 unspecified atom stereocenters. The van der Waals surface area contributed by atoms with Crippen LogP contribution in [0.3, 0.4) is 0 Å². The van der Waals surface area contributed by atoms with Crippen LogP contribution >= 0.6 is 11.3 Å². The standard InChI is InChI=1S/C15H20N2OS/c18-15(12-6-2-1-3-7-12)17-10-5-4-8-13(17)14-16-9-11-19-14/h1-2,9,11-13H,3-8,10H2/t12-,13-/m1/s1. The Labute approximate surface area is 118 Å². The molecule has 1 amide bonds. The van der Waals surface area contributed by atoms with Crippen LogP contribution in [0.2, 0.25) is 0 Å². The summed E-state index contributed by atoms with van der Waals surface area (Å²) in [6.07, 6.45) is 12.6. The number of thiazole rings is 1.